The fourth-order valence-electron chi connectivity index (χ4n) is 2.52. The molecule has 0 saturated carbocycles. The van der Waals surface area contributed by atoms with Gasteiger partial charge in [-0.2, -0.15) is 4.72 Å². The third kappa shape index (κ3) is 4.49. The van der Waals surface area contributed by atoms with Crippen molar-refractivity contribution in [3.8, 4) is 0 Å². The second-order valence-corrected chi connectivity index (χ2v) is 7.27. The molecule has 23 heavy (non-hydrogen) atoms. The van der Waals surface area contributed by atoms with Crippen molar-refractivity contribution in [3.63, 3.8) is 0 Å². The summed E-state index contributed by atoms with van der Waals surface area (Å²) in [7, 11) is -3.85. The SMILES string of the molecule is CCN1CCN(C(=O)[C@H](C)NS(=O)(=O)c2ccc(F)cc2)CC1. The molecule has 0 aromatic heterocycles. The summed E-state index contributed by atoms with van der Waals surface area (Å²) in [5, 5.41) is 0. The van der Waals surface area contributed by atoms with E-state index in [1.165, 1.54) is 19.1 Å². The Bertz CT molecular complexity index is 640. The molecule has 0 unspecified atom stereocenters. The van der Waals surface area contributed by atoms with Crippen LogP contribution in [0.2, 0.25) is 0 Å². The van der Waals surface area contributed by atoms with Gasteiger partial charge in [0.1, 0.15) is 5.82 Å². The van der Waals surface area contributed by atoms with Crippen LogP contribution in [-0.4, -0.2) is 62.9 Å². The lowest BCUT2D eigenvalue weighted by atomic mass is 10.2. The van der Waals surface area contributed by atoms with Gasteiger partial charge in [0, 0.05) is 26.2 Å². The molecule has 1 aromatic rings. The topological polar surface area (TPSA) is 69.7 Å². The van der Waals surface area contributed by atoms with E-state index in [1.807, 2.05) is 0 Å². The van der Waals surface area contributed by atoms with Crippen molar-refractivity contribution in [2.75, 3.05) is 32.7 Å². The lowest BCUT2D eigenvalue weighted by Gasteiger charge is -2.35. The molecule has 0 spiro atoms. The van der Waals surface area contributed by atoms with Gasteiger partial charge in [0.15, 0.2) is 0 Å². The molecule has 0 bridgehead atoms. The maximum atomic E-state index is 12.9. The van der Waals surface area contributed by atoms with Gasteiger partial charge in [-0.05, 0) is 37.7 Å². The maximum Gasteiger partial charge on any atom is 0.241 e. The molecule has 0 radical (unpaired) electrons. The van der Waals surface area contributed by atoms with Crippen molar-refractivity contribution in [3.05, 3.63) is 30.1 Å². The molecule has 1 heterocycles. The highest BCUT2D eigenvalue weighted by molar-refractivity contribution is 7.89. The van der Waals surface area contributed by atoms with Crippen molar-refractivity contribution in [1.82, 2.24) is 14.5 Å². The molecule has 1 saturated heterocycles. The van der Waals surface area contributed by atoms with Gasteiger partial charge in [0.2, 0.25) is 15.9 Å². The number of amides is 1. The van der Waals surface area contributed by atoms with Crippen molar-refractivity contribution < 1.29 is 17.6 Å². The molecule has 1 amide bonds. The van der Waals surface area contributed by atoms with E-state index in [4.69, 9.17) is 0 Å². The number of nitrogens with one attached hydrogen (secondary N) is 1. The quantitative estimate of drug-likeness (QED) is 0.853. The Morgan fingerprint density at radius 2 is 1.78 bits per heavy atom. The molecule has 8 heteroatoms. The van der Waals surface area contributed by atoms with E-state index in [0.29, 0.717) is 13.1 Å². The van der Waals surface area contributed by atoms with Crippen LogP contribution in [0.15, 0.2) is 29.2 Å². The fraction of sp³-hybridized carbons (Fsp3) is 0.533. The Labute approximate surface area is 136 Å². The number of benzene rings is 1. The number of nitrogens with zero attached hydrogens (tertiary/aromatic N) is 2. The molecule has 6 nitrogen and oxygen atoms in total. The standard InChI is InChI=1S/C15H22FN3O3S/c1-3-18-8-10-19(11-9-18)15(20)12(2)17-23(21,22)14-6-4-13(16)5-7-14/h4-7,12,17H,3,8-11H2,1-2H3/t12-/m0/s1. The smallest absolute Gasteiger partial charge is 0.241 e. The van der Waals surface area contributed by atoms with Crippen LogP contribution >= 0.6 is 0 Å². The van der Waals surface area contributed by atoms with Gasteiger partial charge in [-0.15, -0.1) is 0 Å². The van der Waals surface area contributed by atoms with Gasteiger partial charge in [0.05, 0.1) is 10.9 Å². The van der Waals surface area contributed by atoms with Crippen LogP contribution in [0.1, 0.15) is 13.8 Å². The van der Waals surface area contributed by atoms with E-state index in [9.17, 15) is 17.6 Å². The first-order chi connectivity index (χ1) is 10.8. The summed E-state index contributed by atoms with van der Waals surface area (Å²) in [5.74, 6) is -0.756. The number of rotatable bonds is 5. The molecule has 1 atom stereocenters. The van der Waals surface area contributed by atoms with Crippen LogP contribution in [-0.2, 0) is 14.8 Å². The van der Waals surface area contributed by atoms with E-state index in [1.54, 1.807) is 4.90 Å². The lowest BCUT2D eigenvalue weighted by molar-refractivity contribution is -0.134. The predicted molar refractivity (Wildman–Crippen MR) is 84.9 cm³/mol. The number of likely N-dealkylation sites (N-methyl/N-ethyl adjacent to an activating group) is 1. The average molecular weight is 343 g/mol. The van der Waals surface area contributed by atoms with E-state index in [2.05, 4.69) is 16.5 Å². The minimum Gasteiger partial charge on any atom is -0.339 e. The first-order valence-electron chi connectivity index (χ1n) is 7.62. The van der Waals surface area contributed by atoms with E-state index in [-0.39, 0.29) is 10.8 Å². The zero-order valence-corrected chi connectivity index (χ0v) is 14.1. The summed E-state index contributed by atoms with van der Waals surface area (Å²) < 4.78 is 39.7. The van der Waals surface area contributed by atoms with Gasteiger partial charge in [-0.1, -0.05) is 6.92 Å². The Morgan fingerprint density at radius 1 is 1.22 bits per heavy atom. The van der Waals surface area contributed by atoms with Crippen LogP contribution in [0.4, 0.5) is 4.39 Å². The van der Waals surface area contributed by atoms with E-state index in [0.717, 1.165) is 31.8 Å². The number of carbonyl (C=O) groups is 1. The molecular weight excluding hydrogens is 321 g/mol. The second kappa shape index (κ2) is 7.37. The molecule has 0 aliphatic carbocycles. The van der Waals surface area contributed by atoms with Crippen molar-refractivity contribution in [2.45, 2.75) is 24.8 Å². The second-order valence-electron chi connectivity index (χ2n) is 5.56. The average Bonchev–Trinajstić information content (AvgIpc) is 2.54. The summed E-state index contributed by atoms with van der Waals surface area (Å²) in [6.07, 6.45) is 0. The zero-order chi connectivity index (χ0) is 17.0. The Kier molecular flexibility index (Phi) is 5.72. The van der Waals surface area contributed by atoms with Crippen LogP contribution in [0.25, 0.3) is 0 Å². The first kappa shape index (κ1) is 17.8. The molecule has 1 aliphatic heterocycles. The third-order valence-electron chi connectivity index (χ3n) is 3.96. The van der Waals surface area contributed by atoms with Crippen LogP contribution in [0.5, 0.6) is 0 Å². The molecule has 1 fully saturated rings. The summed E-state index contributed by atoms with van der Waals surface area (Å²) in [5.41, 5.74) is 0. The molecule has 1 aliphatic rings. The minimum absolute atomic E-state index is 0.0608. The normalized spacial score (nSPS) is 18.0. The Morgan fingerprint density at radius 3 is 2.30 bits per heavy atom. The van der Waals surface area contributed by atoms with Gasteiger partial charge in [-0.25, -0.2) is 12.8 Å². The van der Waals surface area contributed by atoms with Crippen molar-refractivity contribution >= 4 is 15.9 Å². The number of hydrogen-bond acceptors (Lipinski definition) is 4. The Hall–Kier alpha value is -1.51. The maximum absolute atomic E-state index is 12.9. The zero-order valence-electron chi connectivity index (χ0n) is 13.3. The molecule has 1 N–H and O–H groups in total. The van der Waals surface area contributed by atoms with Crippen molar-refractivity contribution in [1.29, 1.82) is 0 Å². The van der Waals surface area contributed by atoms with Crippen LogP contribution in [0.3, 0.4) is 0 Å². The van der Waals surface area contributed by atoms with Gasteiger partial charge in [0.25, 0.3) is 0 Å². The molecular formula is C15H22FN3O3S. The summed E-state index contributed by atoms with van der Waals surface area (Å²) in [6, 6.07) is 3.64. The number of hydrogen-bond donors (Lipinski definition) is 1. The van der Waals surface area contributed by atoms with E-state index < -0.39 is 21.9 Å². The highest BCUT2D eigenvalue weighted by Crippen LogP contribution is 2.11. The largest absolute Gasteiger partial charge is 0.339 e. The molecule has 128 valence electrons. The molecule has 2 rings (SSSR count). The summed E-state index contributed by atoms with van der Waals surface area (Å²) in [4.78, 5) is 16.2. The summed E-state index contributed by atoms with van der Waals surface area (Å²) >= 11 is 0. The fourth-order valence-corrected chi connectivity index (χ4v) is 3.72. The van der Waals surface area contributed by atoms with Gasteiger partial charge < -0.3 is 9.80 Å². The highest BCUT2D eigenvalue weighted by Gasteiger charge is 2.27. The van der Waals surface area contributed by atoms with Crippen LogP contribution < -0.4 is 4.72 Å². The van der Waals surface area contributed by atoms with Crippen LogP contribution in [0, 0.1) is 5.82 Å². The van der Waals surface area contributed by atoms with E-state index >= 15 is 0 Å². The Balaban J connectivity index is 1.99. The number of halogens is 1. The predicted octanol–water partition coefficient (Wildman–Crippen LogP) is 0.657. The monoisotopic (exact) mass is 343 g/mol. The summed E-state index contributed by atoms with van der Waals surface area (Å²) in [6.45, 7) is 7.30. The number of carbonyl (C=O) groups excluding carboxylic acids is 1. The molecule has 1 aromatic carbocycles. The van der Waals surface area contributed by atoms with Crippen molar-refractivity contribution in [2.24, 2.45) is 0 Å². The third-order valence-corrected chi connectivity index (χ3v) is 5.51. The number of sulfonamides is 1. The van der Waals surface area contributed by atoms with Gasteiger partial charge in [-0.3, -0.25) is 4.79 Å². The first-order valence-corrected chi connectivity index (χ1v) is 9.11. The van der Waals surface area contributed by atoms with Gasteiger partial charge >= 0.3 is 0 Å². The highest BCUT2D eigenvalue weighted by atomic mass is 32.2. The number of piperazine rings is 1. The minimum atomic E-state index is -3.85. The lowest BCUT2D eigenvalue weighted by Crippen LogP contribution is -2.54.